The fourth-order valence-corrected chi connectivity index (χ4v) is 5.06. The summed E-state index contributed by atoms with van der Waals surface area (Å²) < 4.78 is 28.7. The summed E-state index contributed by atoms with van der Waals surface area (Å²) in [6.07, 6.45) is 2.86. The zero-order valence-electron chi connectivity index (χ0n) is 20.9. The summed E-state index contributed by atoms with van der Waals surface area (Å²) in [5.74, 6) is -0.683. The number of pyridine rings is 1. The summed E-state index contributed by atoms with van der Waals surface area (Å²) in [4.78, 5) is 6.93. The Morgan fingerprint density at radius 3 is 2.57 bits per heavy atom. The highest BCUT2D eigenvalue weighted by Crippen LogP contribution is 2.42. The van der Waals surface area contributed by atoms with Crippen LogP contribution in [-0.4, -0.2) is 36.3 Å². The number of aromatic nitrogens is 1. The highest BCUT2D eigenvalue weighted by atomic mass is 19.1. The molecule has 0 spiro atoms. The van der Waals surface area contributed by atoms with E-state index in [1.54, 1.807) is 12.3 Å². The molecule has 37 heavy (non-hydrogen) atoms. The third-order valence-electron chi connectivity index (χ3n) is 6.83. The van der Waals surface area contributed by atoms with Gasteiger partial charge in [0.05, 0.1) is 16.8 Å². The van der Waals surface area contributed by atoms with E-state index in [-0.39, 0.29) is 22.7 Å². The van der Waals surface area contributed by atoms with Crippen LogP contribution < -0.4 is 10.2 Å². The summed E-state index contributed by atoms with van der Waals surface area (Å²) in [5, 5.41) is 24.3. The minimum absolute atomic E-state index is 0.123. The van der Waals surface area contributed by atoms with Gasteiger partial charge in [-0.05, 0) is 73.0 Å². The first-order chi connectivity index (χ1) is 17.9. The van der Waals surface area contributed by atoms with Gasteiger partial charge in [-0.1, -0.05) is 19.1 Å². The molecule has 2 N–H and O–H groups in total. The molecule has 1 fully saturated rings. The van der Waals surface area contributed by atoms with E-state index in [4.69, 9.17) is 0 Å². The Bertz CT molecular complexity index is 1500. The monoisotopic (exact) mass is 498 g/mol. The minimum atomic E-state index is -0.600. The van der Waals surface area contributed by atoms with E-state index in [2.05, 4.69) is 22.1 Å². The molecule has 1 aliphatic heterocycles. The highest BCUT2D eigenvalue weighted by Gasteiger charge is 2.30. The Kier molecular flexibility index (Phi) is 6.77. The first-order valence-corrected chi connectivity index (χ1v) is 12.5. The number of anilines is 1. The molecule has 5 rings (SSSR count). The van der Waals surface area contributed by atoms with Crippen LogP contribution in [0, 0.1) is 35.8 Å². The summed E-state index contributed by atoms with van der Waals surface area (Å²) in [6, 6.07) is 14.5. The normalized spacial score (nSPS) is 13.5. The van der Waals surface area contributed by atoms with Gasteiger partial charge >= 0.3 is 0 Å². The number of nitriles is 1. The molecule has 0 aliphatic carbocycles. The lowest BCUT2D eigenvalue weighted by Crippen LogP contribution is -2.51. The topological polar surface area (TPSA) is 72.2 Å². The van der Waals surface area contributed by atoms with Crippen LogP contribution in [-0.2, 0) is 0 Å². The lowest BCUT2D eigenvalue weighted by Gasteiger charge is -2.42. The van der Waals surface area contributed by atoms with Gasteiger partial charge in [-0.2, -0.15) is 5.26 Å². The molecule has 0 saturated carbocycles. The van der Waals surface area contributed by atoms with Crippen LogP contribution >= 0.6 is 0 Å². The van der Waals surface area contributed by atoms with Crippen molar-refractivity contribution in [2.24, 2.45) is 5.92 Å². The molecule has 0 unspecified atom stereocenters. The van der Waals surface area contributed by atoms with Crippen LogP contribution in [0.4, 0.5) is 14.5 Å². The molecule has 0 radical (unpaired) electrons. The van der Waals surface area contributed by atoms with E-state index >= 15 is 0 Å². The Morgan fingerprint density at radius 2 is 1.84 bits per heavy atom. The van der Waals surface area contributed by atoms with E-state index in [9.17, 15) is 19.1 Å². The maximum absolute atomic E-state index is 14.4. The van der Waals surface area contributed by atoms with E-state index in [1.807, 2.05) is 31.2 Å². The third-order valence-corrected chi connectivity index (χ3v) is 6.83. The molecule has 4 aromatic rings. The molecule has 2 heterocycles. The van der Waals surface area contributed by atoms with Crippen molar-refractivity contribution in [2.75, 3.05) is 31.1 Å². The van der Waals surface area contributed by atoms with Gasteiger partial charge in [-0.25, -0.2) is 8.78 Å². The van der Waals surface area contributed by atoms with Crippen LogP contribution in [0.5, 0.6) is 5.75 Å². The van der Waals surface area contributed by atoms with Crippen molar-refractivity contribution in [3.8, 4) is 34.1 Å². The first kappa shape index (κ1) is 24.7. The van der Waals surface area contributed by atoms with Crippen molar-refractivity contribution in [3.05, 3.63) is 77.5 Å². The zero-order valence-corrected chi connectivity index (χ0v) is 20.9. The summed E-state index contributed by atoms with van der Waals surface area (Å²) in [7, 11) is 0. The van der Waals surface area contributed by atoms with E-state index < -0.39 is 5.82 Å². The van der Waals surface area contributed by atoms with Gasteiger partial charge in [0.25, 0.3) is 0 Å². The molecule has 188 valence electrons. The van der Waals surface area contributed by atoms with Crippen LogP contribution in [0.1, 0.15) is 24.5 Å². The number of nitrogens with zero attached hydrogens (tertiary/aromatic N) is 3. The molecule has 3 aromatic carbocycles. The van der Waals surface area contributed by atoms with E-state index in [0.717, 1.165) is 71.9 Å². The number of hydrogen-bond donors (Lipinski definition) is 2. The van der Waals surface area contributed by atoms with Gasteiger partial charge in [-0.15, -0.1) is 0 Å². The molecule has 1 aromatic heterocycles. The Hall–Kier alpha value is -4.02. The molecule has 0 amide bonds. The number of halogens is 2. The van der Waals surface area contributed by atoms with Crippen LogP contribution in [0.3, 0.4) is 0 Å². The summed E-state index contributed by atoms with van der Waals surface area (Å²) in [6.45, 7) is 7.59. The summed E-state index contributed by atoms with van der Waals surface area (Å²) >= 11 is 0. The average Bonchev–Trinajstić information content (AvgIpc) is 2.85. The van der Waals surface area contributed by atoms with Gasteiger partial charge in [0, 0.05) is 48.3 Å². The largest absolute Gasteiger partial charge is 0.506 e. The molecule has 5 nitrogen and oxygen atoms in total. The fourth-order valence-electron chi connectivity index (χ4n) is 5.06. The first-order valence-electron chi connectivity index (χ1n) is 12.5. The molecule has 7 heteroatoms. The van der Waals surface area contributed by atoms with E-state index in [0.29, 0.717) is 11.5 Å². The van der Waals surface area contributed by atoms with Gasteiger partial charge in [0.2, 0.25) is 0 Å². The maximum Gasteiger partial charge on any atom is 0.141 e. The number of hydrogen-bond acceptors (Lipinski definition) is 5. The molecular weight excluding hydrogens is 470 g/mol. The van der Waals surface area contributed by atoms with Gasteiger partial charge < -0.3 is 15.3 Å². The molecule has 0 bridgehead atoms. The van der Waals surface area contributed by atoms with Crippen molar-refractivity contribution < 1.29 is 13.9 Å². The lowest BCUT2D eigenvalue weighted by atomic mass is 9.92. The number of rotatable bonds is 7. The van der Waals surface area contributed by atoms with Crippen LogP contribution in [0.25, 0.3) is 33.2 Å². The number of benzene rings is 3. The number of fused-ring (bicyclic) bond motifs is 1. The van der Waals surface area contributed by atoms with Gasteiger partial charge in [0.1, 0.15) is 23.5 Å². The minimum Gasteiger partial charge on any atom is -0.506 e. The molecule has 1 aliphatic rings. The highest BCUT2D eigenvalue weighted by molar-refractivity contribution is 6.02. The number of aryl methyl sites for hydroxylation is 1. The quantitative estimate of drug-likeness (QED) is 0.298. The Balaban J connectivity index is 1.66. The summed E-state index contributed by atoms with van der Waals surface area (Å²) in [5.41, 5.74) is 4.71. The van der Waals surface area contributed by atoms with Crippen LogP contribution in [0.2, 0.25) is 0 Å². The van der Waals surface area contributed by atoms with Gasteiger partial charge in [-0.3, -0.25) is 4.98 Å². The van der Waals surface area contributed by atoms with Crippen molar-refractivity contribution in [2.45, 2.75) is 20.3 Å². The SMILES string of the molecule is CCCNCC1CN(c2c(-c3cc(C)cc(F)c3)cnc3ccc(-c4cc(F)cc(C#N)c4O)cc23)C1. The fraction of sp³-hybridized carbons (Fsp3) is 0.267. The molecular formula is C30H28F2N4O. The maximum atomic E-state index is 14.4. The van der Waals surface area contributed by atoms with Crippen molar-refractivity contribution in [3.63, 3.8) is 0 Å². The number of phenolic OH excluding ortho intramolecular Hbond substituents is 1. The average molecular weight is 499 g/mol. The number of nitrogens with one attached hydrogen (secondary N) is 1. The Labute approximate surface area is 215 Å². The second kappa shape index (κ2) is 10.2. The number of aromatic hydroxyl groups is 1. The van der Waals surface area contributed by atoms with Gasteiger partial charge in [0.15, 0.2) is 0 Å². The molecule has 0 atom stereocenters. The standard InChI is InChI=1S/C30H28F2N4O/c1-3-6-34-14-19-16-36(17-19)29-26-11-20(25-12-24(32)10-22(13-33)30(25)37)4-5-28(26)35-15-27(29)21-7-18(2)8-23(31)9-21/h4-5,7-12,15,19,34,37H,3,6,14,16-17H2,1-2H3. The third kappa shape index (κ3) is 4.85. The zero-order chi connectivity index (χ0) is 26.1. The van der Waals surface area contributed by atoms with Crippen molar-refractivity contribution >= 4 is 16.6 Å². The van der Waals surface area contributed by atoms with Crippen molar-refractivity contribution in [1.82, 2.24) is 10.3 Å². The van der Waals surface area contributed by atoms with Crippen LogP contribution in [0.15, 0.2) is 54.7 Å². The Morgan fingerprint density at radius 1 is 1.05 bits per heavy atom. The predicted molar refractivity (Wildman–Crippen MR) is 143 cm³/mol. The smallest absolute Gasteiger partial charge is 0.141 e. The van der Waals surface area contributed by atoms with E-state index in [1.165, 1.54) is 18.2 Å². The second-order valence-corrected chi connectivity index (χ2v) is 9.71. The predicted octanol–water partition coefficient (Wildman–Crippen LogP) is 6.17. The lowest BCUT2D eigenvalue weighted by molar-refractivity contribution is 0.387. The van der Waals surface area contributed by atoms with Crippen molar-refractivity contribution in [1.29, 1.82) is 5.26 Å². The number of phenols is 1. The molecule has 1 saturated heterocycles. The second-order valence-electron chi connectivity index (χ2n) is 9.71.